The lowest BCUT2D eigenvalue weighted by Gasteiger charge is -2.28. The molecule has 0 unspecified atom stereocenters. The van der Waals surface area contributed by atoms with E-state index in [9.17, 15) is 0 Å². The summed E-state index contributed by atoms with van der Waals surface area (Å²) in [6.45, 7) is 9.99. The lowest BCUT2D eigenvalue weighted by atomic mass is 9.84. The number of halogens is 1. The third-order valence-electron chi connectivity index (χ3n) is 5.24. The highest BCUT2D eigenvalue weighted by atomic mass is 127. The van der Waals surface area contributed by atoms with Crippen molar-refractivity contribution in [1.82, 2.24) is 15.5 Å². The number of piperidine rings is 1. The van der Waals surface area contributed by atoms with E-state index in [1.807, 2.05) is 13.1 Å². The highest BCUT2D eigenvalue weighted by Gasteiger charge is 2.24. The Kier molecular flexibility index (Phi) is 8.47. The lowest BCUT2D eigenvalue weighted by molar-refractivity contribution is 0.174. The second kappa shape index (κ2) is 10.4. The molecule has 0 bridgehead atoms. The summed E-state index contributed by atoms with van der Waals surface area (Å²) in [6, 6.07) is 6.18. The molecule has 1 fully saturated rings. The van der Waals surface area contributed by atoms with Crippen LogP contribution in [0.25, 0.3) is 0 Å². The van der Waals surface area contributed by atoms with E-state index in [1.165, 1.54) is 37.9 Å². The maximum absolute atomic E-state index is 5.51. The Morgan fingerprint density at radius 1 is 1.11 bits per heavy atom. The molecule has 2 N–H and O–H groups in total. The number of hydrogen-bond acceptors (Lipinski definition) is 4. The molecule has 0 saturated carbocycles. The van der Waals surface area contributed by atoms with E-state index in [-0.39, 0.29) is 29.4 Å². The summed E-state index contributed by atoms with van der Waals surface area (Å²) < 4.78 is 10.9. The van der Waals surface area contributed by atoms with Gasteiger partial charge in [-0.2, -0.15) is 0 Å². The number of ether oxygens (including phenoxy) is 2. The Morgan fingerprint density at radius 2 is 1.85 bits per heavy atom. The van der Waals surface area contributed by atoms with Crippen molar-refractivity contribution < 1.29 is 9.47 Å². The molecule has 27 heavy (non-hydrogen) atoms. The predicted octanol–water partition coefficient (Wildman–Crippen LogP) is 2.96. The molecule has 1 saturated heterocycles. The maximum Gasteiger partial charge on any atom is 0.231 e. The molecule has 0 spiro atoms. The minimum absolute atomic E-state index is 0. The minimum atomic E-state index is -0.0501. The fraction of sp³-hybridized carbons (Fsp3) is 0.650. The van der Waals surface area contributed by atoms with Crippen LogP contribution in [0, 0.1) is 0 Å². The first-order valence-electron chi connectivity index (χ1n) is 9.65. The fourth-order valence-electron chi connectivity index (χ4n) is 3.46. The van der Waals surface area contributed by atoms with Crippen molar-refractivity contribution in [1.29, 1.82) is 0 Å². The SMILES string of the molecule is CN=C(NCCN1CCCCC1)NCC(C)(C)c1ccc2c(c1)OCO2.I. The Morgan fingerprint density at radius 3 is 2.59 bits per heavy atom. The van der Waals surface area contributed by atoms with Gasteiger partial charge in [-0.15, -0.1) is 24.0 Å². The van der Waals surface area contributed by atoms with Gasteiger partial charge in [0, 0.05) is 32.1 Å². The number of rotatable bonds is 6. The summed E-state index contributed by atoms with van der Waals surface area (Å²) in [4.78, 5) is 6.88. The lowest BCUT2D eigenvalue weighted by Crippen LogP contribution is -2.46. The number of benzene rings is 1. The molecule has 2 heterocycles. The molecule has 152 valence electrons. The molecule has 0 amide bonds. The van der Waals surface area contributed by atoms with Crippen molar-refractivity contribution in [3.8, 4) is 11.5 Å². The molecule has 7 heteroatoms. The number of likely N-dealkylation sites (tertiary alicyclic amines) is 1. The Hall–Kier alpha value is -1.22. The predicted molar refractivity (Wildman–Crippen MR) is 121 cm³/mol. The molecule has 2 aliphatic rings. The number of fused-ring (bicyclic) bond motifs is 1. The average molecular weight is 488 g/mol. The average Bonchev–Trinajstić information content (AvgIpc) is 3.13. The molecule has 2 aliphatic heterocycles. The van der Waals surface area contributed by atoms with Gasteiger partial charge in [0.15, 0.2) is 17.5 Å². The zero-order chi connectivity index (χ0) is 18.4. The molecule has 0 atom stereocenters. The number of nitrogens with zero attached hydrogens (tertiary/aromatic N) is 2. The van der Waals surface area contributed by atoms with E-state index in [0.717, 1.165) is 37.1 Å². The summed E-state index contributed by atoms with van der Waals surface area (Å²) in [7, 11) is 1.82. The number of aliphatic imine (C=N–C) groups is 1. The summed E-state index contributed by atoms with van der Waals surface area (Å²) in [5.41, 5.74) is 1.17. The van der Waals surface area contributed by atoms with Crippen molar-refractivity contribution in [3.05, 3.63) is 23.8 Å². The Labute approximate surface area is 180 Å². The highest BCUT2D eigenvalue weighted by Crippen LogP contribution is 2.36. The second-order valence-electron chi connectivity index (χ2n) is 7.71. The molecule has 3 rings (SSSR count). The molecular weight excluding hydrogens is 455 g/mol. The van der Waals surface area contributed by atoms with Crippen molar-refractivity contribution in [2.45, 2.75) is 38.5 Å². The standard InChI is InChI=1S/C20H32N4O2.HI/c1-20(2,16-7-8-17-18(13-16)26-15-25-17)14-23-19(21-3)22-9-12-24-10-5-4-6-11-24;/h7-8,13H,4-6,9-12,14-15H2,1-3H3,(H2,21,22,23);1H. The monoisotopic (exact) mass is 488 g/mol. The van der Waals surface area contributed by atoms with Gasteiger partial charge in [-0.25, -0.2) is 0 Å². The third kappa shape index (κ3) is 6.14. The van der Waals surface area contributed by atoms with Crippen molar-refractivity contribution >= 4 is 29.9 Å². The van der Waals surface area contributed by atoms with E-state index in [1.54, 1.807) is 0 Å². The molecule has 0 aliphatic carbocycles. The molecular formula is C20H33IN4O2. The number of hydrogen-bond donors (Lipinski definition) is 2. The zero-order valence-corrected chi connectivity index (χ0v) is 19.0. The highest BCUT2D eigenvalue weighted by molar-refractivity contribution is 14.0. The van der Waals surface area contributed by atoms with Crippen LogP contribution in [0.4, 0.5) is 0 Å². The molecule has 6 nitrogen and oxygen atoms in total. The van der Waals surface area contributed by atoms with Gasteiger partial charge >= 0.3 is 0 Å². The van der Waals surface area contributed by atoms with E-state index in [0.29, 0.717) is 6.79 Å². The van der Waals surface area contributed by atoms with Crippen LogP contribution in [0.2, 0.25) is 0 Å². The maximum atomic E-state index is 5.51. The summed E-state index contributed by atoms with van der Waals surface area (Å²) in [6.07, 6.45) is 4.04. The van der Waals surface area contributed by atoms with Crippen LogP contribution >= 0.6 is 24.0 Å². The Bertz CT molecular complexity index is 630. The van der Waals surface area contributed by atoms with Crippen LogP contribution in [-0.4, -0.2) is 57.4 Å². The van der Waals surface area contributed by atoms with Crippen molar-refractivity contribution in [3.63, 3.8) is 0 Å². The normalized spacial score (nSPS) is 17.4. The van der Waals surface area contributed by atoms with Crippen LogP contribution in [-0.2, 0) is 5.41 Å². The zero-order valence-electron chi connectivity index (χ0n) is 16.7. The van der Waals surface area contributed by atoms with Gasteiger partial charge in [-0.3, -0.25) is 4.99 Å². The summed E-state index contributed by atoms with van der Waals surface area (Å²) in [5, 5.41) is 6.90. The summed E-state index contributed by atoms with van der Waals surface area (Å²) in [5.74, 6) is 2.52. The fourth-order valence-corrected chi connectivity index (χ4v) is 3.46. The van der Waals surface area contributed by atoms with E-state index >= 15 is 0 Å². The van der Waals surface area contributed by atoms with Crippen LogP contribution < -0.4 is 20.1 Å². The van der Waals surface area contributed by atoms with Gasteiger partial charge in [0.25, 0.3) is 0 Å². The smallest absolute Gasteiger partial charge is 0.231 e. The summed E-state index contributed by atoms with van der Waals surface area (Å²) >= 11 is 0. The van der Waals surface area contributed by atoms with Crippen LogP contribution in [0.1, 0.15) is 38.7 Å². The van der Waals surface area contributed by atoms with Gasteiger partial charge in [-0.1, -0.05) is 26.3 Å². The quantitative estimate of drug-likeness (QED) is 0.367. The van der Waals surface area contributed by atoms with E-state index in [2.05, 4.69) is 46.5 Å². The van der Waals surface area contributed by atoms with Crippen LogP contribution in [0.3, 0.4) is 0 Å². The van der Waals surface area contributed by atoms with Crippen LogP contribution in [0.15, 0.2) is 23.2 Å². The molecule has 1 aromatic rings. The first-order valence-corrected chi connectivity index (χ1v) is 9.65. The minimum Gasteiger partial charge on any atom is -0.454 e. The second-order valence-corrected chi connectivity index (χ2v) is 7.71. The van der Waals surface area contributed by atoms with E-state index in [4.69, 9.17) is 9.47 Å². The topological polar surface area (TPSA) is 58.1 Å². The largest absolute Gasteiger partial charge is 0.454 e. The van der Waals surface area contributed by atoms with Gasteiger partial charge in [0.2, 0.25) is 6.79 Å². The molecule has 0 radical (unpaired) electrons. The first kappa shape index (κ1) is 22.1. The number of guanidine groups is 1. The van der Waals surface area contributed by atoms with Gasteiger partial charge in [-0.05, 0) is 43.6 Å². The van der Waals surface area contributed by atoms with Gasteiger partial charge < -0.3 is 25.0 Å². The van der Waals surface area contributed by atoms with Crippen molar-refractivity contribution in [2.75, 3.05) is 46.6 Å². The molecule has 0 aromatic heterocycles. The van der Waals surface area contributed by atoms with Gasteiger partial charge in [0.05, 0.1) is 0 Å². The first-order chi connectivity index (χ1) is 12.6. The molecule has 1 aromatic carbocycles. The van der Waals surface area contributed by atoms with E-state index < -0.39 is 0 Å². The van der Waals surface area contributed by atoms with Gasteiger partial charge in [0.1, 0.15) is 0 Å². The Balaban J connectivity index is 0.00000261. The van der Waals surface area contributed by atoms with Crippen LogP contribution in [0.5, 0.6) is 11.5 Å². The number of nitrogens with one attached hydrogen (secondary N) is 2. The van der Waals surface area contributed by atoms with Crippen molar-refractivity contribution in [2.24, 2.45) is 4.99 Å². The third-order valence-corrected chi connectivity index (χ3v) is 5.24.